The van der Waals surface area contributed by atoms with Crippen LogP contribution in [0.25, 0.3) is 0 Å². The maximum Gasteiger partial charge on any atom is 0.220 e. The van der Waals surface area contributed by atoms with Gasteiger partial charge in [0.2, 0.25) is 5.91 Å². The molecule has 0 aliphatic heterocycles. The molecule has 1 aromatic carbocycles. The van der Waals surface area contributed by atoms with Gasteiger partial charge >= 0.3 is 0 Å². The van der Waals surface area contributed by atoms with Gasteiger partial charge in [0, 0.05) is 18.5 Å². The summed E-state index contributed by atoms with van der Waals surface area (Å²) in [4.78, 5) is 11.9. The summed E-state index contributed by atoms with van der Waals surface area (Å²) in [6.45, 7) is 0.298. The Balaban J connectivity index is 1.48. The molecule has 0 radical (unpaired) electrons. The molecule has 3 rings (SSSR count). The van der Waals surface area contributed by atoms with Gasteiger partial charge in [-0.25, -0.2) is 4.39 Å². The van der Waals surface area contributed by atoms with E-state index < -0.39 is 0 Å². The van der Waals surface area contributed by atoms with Crippen LogP contribution in [0.3, 0.4) is 0 Å². The van der Waals surface area contributed by atoms with Gasteiger partial charge in [-0.3, -0.25) is 4.79 Å². The Labute approximate surface area is 113 Å². The van der Waals surface area contributed by atoms with Crippen LogP contribution in [0.5, 0.6) is 0 Å². The molecule has 1 aromatic rings. The molecule has 3 atom stereocenters. The molecule has 102 valence electrons. The number of amides is 1. The first-order valence-corrected chi connectivity index (χ1v) is 7.22. The quantitative estimate of drug-likeness (QED) is 0.885. The summed E-state index contributed by atoms with van der Waals surface area (Å²) in [5, 5.41) is 2.85. The summed E-state index contributed by atoms with van der Waals surface area (Å²) in [5.41, 5.74) is 0.559. The van der Waals surface area contributed by atoms with Crippen LogP contribution in [0, 0.1) is 23.6 Å². The van der Waals surface area contributed by atoms with E-state index in [0.717, 1.165) is 11.8 Å². The third kappa shape index (κ3) is 2.80. The van der Waals surface area contributed by atoms with Gasteiger partial charge in [0.25, 0.3) is 0 Å². The normalized spacial score (nSPS) is 28.6. The van der Waals surface area contributed by atoms with Crippen molar-refractivity contribution in [1.29, 1.82) is 0 Å². The van der Waals surface area contributed by atoms with Crippen LogP contribution in [0.15, 0.2) is 24.3 Å². The summed E-state index contributed by atoms with van der Waals surface area (Å²) in [5.74, 6) is 2.03. The van der Waals surface area contributed by atoms with Crippen molar-refractivity contribution in [2.24, 2.45) is 17.8 Å². The zero-order valence-electron chi connectivity index (χ0n) is 11.1. The lowest BCUT2D eigenvalue weighted by Crippen LogP contribution is -2.27. The SMILES string of the molecule is O=C(C[C@@H]1C[C@H]2CC[C@@H]1C2)NCc1ccccc1F. The number of hydrogen-bond acceptors (Lipinski definition) is 1. The van der Waals surface area contributed by atoms with Gasteiger partial charge in [0.1, 0.15) is 5.82 Å². The summed E-state index contributed by atoms with van der Waals surface area (Å²) in [7, 11) is 0. The van der Waals surface area contributed by atoms with E-state index in [1.165, 1.54) is 31.7 Å². The van der Waals surface area contributed by atoms with E-state index in [1.807, 2.05) is 0 Å². The molecular formula is C16H20FNO. The summed E-state index contributed by atoms with van der Waals surface area (Å²) in [6, 6.07) is 6.60. The molecule has 1 amide bonds. The molecule has 2 saturated carbocycles. The van der Waals surface area contributed by atoms with Crippen LogP contribution < -0.4 is 5.32 Å². The van der Waals surface area contributed by atoms with E-state index in [1.54, 1.807) is 18.2 Å². The lowest BCUT2D eigenvalue weighted by Gasteiger charge is -2.20. The molecule has 2 aliphatic carbocycles. The number of carbonyl (C=O) groups excluding carboxylic acids is 1. The molecule has 3 heteroatoms. The highest BCUT2D eigenvalue weighted by Gasteiger charge is 2.39. The molecule has 0 heterocycles. The number of rotatable bonds is 4. The van der Waals surface area contributed by atoms with Gasteiger partial charge in [-0.1, -0.05) is 24.6 Å². The minimum atomic E-state index is -0.247. The number of nitrogens with one attached hydrogen (secondary N) is 1. The Morgan fingerprint density at radius 2 is 2.11 bits per heavy atom. The van der Waals surface area contributed by atoms with Crippen LogP contribution in [0.4, 0.5) is 4.39 Å². The van der Waals surface area contributed by atoms with Crippen molar-refractivity contribution in [3.05, 3.63) is 35.6 Å². The minimum absolute atomic E-state index is 0.0702. The summed E-state index contributed by atoms with van der Waals surface area (Å²) >= 11 is 0. The number of fused-ring (bicyclic) bond motifs is 2. The lowest BCUT2D eigenvalue weighted by molar-refractivity contribution is -0.122. The number of benzene rings is 1. The first kappa shape index (κ1) is 12.6. The second kappa shape index (κ2) is 5.32. The number of hydrogen-bond donors (Lipinski definition) is 1. The zero-order chi connectivity index (χ0) is 13.2. The highest BCUT2D eigenvalue weighted by molar-refractivity contribution is 5.76. The van der Waals surface area contributed by atoms with Crippen LogP contribution in [-0.2, 0) is 11.3 Å². The zero-order valence-corrected chi connectivity index (χ0v) is 11.1. The molecular weight excluding hydrogens is 241 g/mol. The molecule has 0 aromatic heterocycles. The molecule has 0 spiro atoms. The molecule has 2 fully saturated rings. The van der Waals surface area contributed by atoms with Crippen molar-refractivity contribution in [3.8, 4) is 0 Å². The summed E-state index contributed by atoms with van der Waals surface area (Å²) < 4.78 is 13.4. The minimum Gasteiger partial charge on any atom is -0.352 e. The fourth-order valence-electron chi connectivity index (χ4n) is 3.77. The second-order valence-electron chi connectivity index (χ2n) is 6.01. The summed E-state index contributed by atoms with van der Waals surface area (Å²) in [6.07, 6.45) is 5.83. The first-order chi connectivity index (χ1) is 9.22. The number of carbonyl (C=O) groups is 1. The van der Waals surface area contributed by atoms with Gasteiger partial charge in [-0.05, 0) is 43.1 Å². The Morgan fingerprint density at radius 1 is 1.26 bits per heavy atom. The number of halogens is 1. The molecule has 2 nitrogen and oxygen atoms in total. The molecule has 1 N–H and O–H groups in total. The lowest BCUT2D eigenvalue weighted by atomic mass is 9.86. The largest absolute Gasteiger partial charge is 0.352 e. The van der Waals surface area contributed by atoms with Gasteiger partial charge in [-0.2, -0.15) is 0 Å². The molecule has 0 unspecified atom stereocenters. The highest BCUT2D eigenvalue weighted by Crippen LogP contribution is 2.49. The monoisotopic (exact) mass is 261 g/mol. The van der Waals surface area contributed by atoms with E-state index in [9.17, 15) is 9.18 Å². The van der Waals surface area contributed by atoms with Gasteiger partial charge in [-0.15, -0.1) is 0 Å². The first-order valence-electron chi connectivity index (χ1n) is 7.22. The van der Waals surface area contributed by atoms with Crippen molar-refractivity contribution in [1.82, 2.24) is 5.32 Å². The third-order valence-corrected chi connectivity index (χ3v) is 4.77. The van der Waals surface area contributed by atoms with Crippen molar-refractivity contribution in [2.45, 2.75) is 38.6 Å². The maximum absolute atomic E-state index is 13.4. The Morgan fingerprint density at radius 3 is 2.79 bits per heavy atom. The molecule has 2 aliphatic rings. The van der Waals surface area contributed by atoms with Crippen LogP contribution in [-0.4, -0.2) is 5.91 Å². The van der Waals surface area contributed by atoms with Crippen molar-refractivity contribution >= 4 is 5.91 Å². The van der Waals surface area contributed by atoms with Gasteiger partial charge in [0.05, 0.1) is 0 Å². The van der Waals surface area contributed by atoms with E-state index in [-0.39, 0.29) is 11.7 Å². The molecule has 2 bridgehead atoms. The smallest absolute Gasteiger partial charge is 0.220 e. The predicted octanol–water partition coefficient (Wildman–Crippen LogP) is 3.27. The topological polar surface area (TPSA) is 29.1 Å². The fourth-order valence-corrected chi connectivity index (χ4v) is 3.77. The van der Waals surface area contributed by atoms with Gasteiger partial charge < -0.3 is 5.32 Å². The van der Waals surface area contributed by atoms with E-state index in [0.29, 0.717) is 24.4 Å². The van der Waals surface area contributed by atoms with Crippen LogP contribution in [0.2, 0.25) is 0 Å². The van der Waals surface area contributed by atoms with Gasteiger partial charge in [0.15, 0.2) is 0 Å². The molecule has 0 saturated heterocycles. The van der Waals surface area contributed by atoms with Crippen molar-refractivity contribution in [3.63, 3.8) is 0 Å². The second-order valence-corrected chi connectivity index (χ2v) is 6.01. The predicted molar refractivity (Wildman–Crippen MR) is 71.8 cm³/mol. The standard InChI is InChI=1S/C16H20FNO/c17-15-4-2-1-3-13(15)10-18-16(19)9-14-8-11-5-6-12(14)7-11/h1-4,11-12,14H,5-10H2,(H,18,19)/t11-,12+,14-/m0/s1. The van der Waals surface area contributed by atoms with E-state index in [4.69, 9.17) is 0 Å². The Kier molecular flexibility index (Phi) is 3.54. The molecule has 19 heavy (non-hydrogen) atoms. The highest BCUT2D eigenvalue weighted by atomic mass is 19.1. The fraction of sp³-hybridized carbons (Fsp3) is 0.562. The van der Waals surface area contributed by atoms with Crippen molar-refractivity contribution < 1.29 is 9.18 Å². The van der Waals surface area contributed by atoms with Crippen LogP contribution >= 0.6 is 0 Å². The van der Waals surface area contributed by atoms with Crippen LogP contribution in [0.1, 0.15) is 37.7 Å². The van der Waals surface area contributed by atoms with E-state index in [2.05, 4.69) is 5.32 Å². The maximum atomic E-state index is 13.4. The Hall–Kier alpha value is -1.38. The third-order valence-electron chi connectivity index (χ3n) is 4.77. The van der Waals surface area contributed by atoms with Crippen molar-refractivity contribution in [2.75, 3.05) is 0 Å². The Bertz CT molecular complexity index is 474. The average molecular weight is 261 g/mol. The van der Waals surface area contributed by atoms with E-state index >= 15 is 0 Å². The average Bonchev–Trinajstić information content (AvgIpc) is 3.00.